The van der Waals surface area contributed by atoms with Gasteiger partial charge < -0.3 is 19.9 Å². The molecule has 0 aromatic heterocycles. The summed E-state index contributed by atoms with van der Waals surface area (Å²) in [6.45, 7) is 9.98. The lowest BCUT2D eigenvalue weighted by atomic mass is 10.1. The topological polar surface area (TPSA) is 40.1 Å². The van der Waals surface area contributed by atoms with Gasteiger partial charge in [-0.05, 0) is 32.9 Å². The number of hydrogen-bond donors (Lipinski definition) is 1. The van der Waals surface area contributed by atoms with Gasteiger partial charge in [0.15, 0.2) is 5.96 Å². The van der Waals surface area contributed by atoms with Crippen LogP contribution in [0.3, 0.4) is 0 Å². The first kappa shape index (κ1) is 19.7. The number of rotatable bonds is 8. The lowest BCUT2D eigenvalue weighted by Crippen LogP contribution is -2.43. The lowest BCUT2D eigenvalue weighted by Gasteiger charge is -2.25. The molecule has 1 aliphatic heterocycles. The van der Waals surface area contributed by atoms with Crippen molar-refractivity contribution in [3.05, 3.63) is 35.9 Å². The number of ether oxygens (including phenoxy) is 1. The van der Waals surface area contributed by atoms with E-state index in [9.17, 15) is 0 Å². The molecule has 1 aliphatic rings. The van der Waals surface area contributed by atoms with Gasteiger partial charge in [0.2, 0.25) is 0 Å². The number of aliphatic imine (C=N–C) groups is 1. The molecule has 25 heavy (non-hydrogen) atoms. The van der Waals surface area contributed by atoms with E-state index in [0.717, 1.165) is 38.7 Å². The van der Waals surface area contributed by atoms with E-state index >= 15 is 0 Å². The van der Waals surface area contributed by atoms with E-state index in [1.54, 1.807) is 0 Å². The van der Waals surface area contributed by atoms with Crippen LogP contribution < -0.4 is 5.32 Å². The van der Waals surface area contributed by atoms with Crippen molar-refractivity contribution in [2.75, 3.05) is 46.9 Å². The van der Waals surface area contributed by atoms with Crippen LogP contribution in [-0.4, -0.2) is 68.7 Å². The molecule has 1 unspecified atom stereocenters. The first-order valence-electron chi connectivity index (χ1n) is 9.37. The Balaban J connectivity index is 1.67. The summed E-state index contributed by atoms with van der Waals surface area (Å²) >= 11 is 0. The number of nitrogens with one attached hydrogen (secondary N) is 1. The van der Waals surface area contributed by atoms with E-state index in [-0.39, 0.29) is 0 Å². The van der Waals surface area contributed by atoms with Gasteiger partial charge in [-0.25, -0.2) is 0 Å². The smallest absolute Gasteiger partial charge is 0.193 e. The Morgan fingerprint density at radius 1 is 1.36 bits per heavy atom. The zero-order valence-corrected chi connectivity index (χ0v) is 16.2. The summed E-state index contributed by atoms with van der Waals surface area (Å²) in [4.78, 5) is 9.14. The molecule has 1 saturated heterocycles. The van der Waals surface area contributed by atoms with Gasteiger partial charge in [-0.2, -0.15) is 0 Å². The van der Waals surface area contributed by atoms with Gasteiger partial charge in [0.05, 0.1) is 13.2 Å². The molecule has 0 aliphatic carbocycles. The second kappa shape index (κ2) is 10.4. The van der Waals surface area contributed by atoms with Crippen molar-refractivity contribution in [3.8, 4) is 0 Å². The molecule has 1 aromatic rings. The molecule has 0 spiro atoms. The third-order valence-corrected chi connectivity index (χ3v) is 4.89. The third-order valence-electron chi connectivity index (χ3n) is 4.89. The van der Waals surface area contributed by atoms with Crippen molar-refractivity contribution in [2.45, 2.75) is 32.9 Å². The number of likely N-dealkylation sites (N-methyl/N-ethyl adjacent to an activating group) is 1. The van der Waals surface area contributed by atoms with Crippen LogP contribution in [0.25, 0.3) is 0 Å². The highest BCUT2D eigenvalue weighted by atomic mass is 16.5. The fraction of sp³-hybridized carbons (Fsp3) is 0.650. The Morgan fingerprint density at radius 2 is 2.12 bits per heavy atom. The summed E-state index contributed by atoms with van der Waals surface area (Å²) < 4.78 is 5.91. The van der Waals surface area contributed by atoms with Crippen LogP contribution in [0.5, 0.6) is 0 Å². The van der Waals surface area contributed by atoms with E-state index in [1.165, 1.54) is 12.0 Å². The first-order chi connectivity index (χ1) is 12.1. The normalized spacial score (nSPS) is 18.4. The number of hydrogen-bond acceptors (Lipinski definition) is 3. The third kappa shape index (κ3) is 6.67. The van der Waals surface area contributed by atoms with Crippen LogP contribution in [0.15, 0.2) is 35.3 Å². The molecule has 1 fully saturated rings. The van der Waals surface area contributed by atoms with Crippen molar-refractivity contribution in [2.24, 2.45) is 10.9 Å². The fourth-order valence-electron chi connectivity index (χ4n) is 3.01. The summed E-state index contributed by atoms with van der Waals surface area (Å²) in [7, 11) is 4.03. The maximum atomic E-state index is 5.91. The molecule has 0 radical (unpaired) electrons. The summed E-state index contributed by atoms with van der Waals surface area (Å²) in [6, 6.07) is 10.9. The maximum absolute atomic E-state index is 5.91. The minimum absolute atomic E-state index is 0.571. The summed E-state index contributed by atoms with van der Waals surface area (Å²) in [5.74, 6) is 1.60. The average Bonchev–Trinajstić information content (AvgIpc) is 3.08. The molecule has 1 atom stereocenters. The Bertz CT molecular complexity index is 518. The van der Waals surface area contributed by atoms with Crippen LogP contribution in [0.4, 0.5) is 0 Å². The predicted molar refractivity (Wildman–Crippen MR) is 105 cm³/mol. The SMILES string of the molecule is CN=C(NCCN(C)C(C)C)N1CCC(COCc2ccccc2)C1. The Kier molecular flexibility index (Phi) is 8.22. The highest BCUT2D eigenvalue weighted by Crippen LogP contribution is 2.17. The van der Waals surface area contributed by atoms with Crippen LogP contribution in [0, 0.1) is 5.92 Å². The average molecular weight is 347 g/mol. The predicted octanol–water partition coefficient (Wildman–Crippen LogP) is 2.44. The number of benzene rings is 1. The second-order valence-corrected chi connectivity index (χ2v) is 7.15. The van der Waals surface area contributed by atoms with Crippen LogP contribution in [0.1, 0.15) is 25.8 Å². The van der Waals surface area contributed by atoms with E-state index < -0.39 is 0 Å². The van der Waals surface area contributed by atoms with Crippen molar-refractivity contribution in [1.82, 2.24) is 15.1 Å². The zero-order valence-electron chi connectivity index (χ0n) is 16.2. The largest absolute Gasteiger partial charge is 0.376 e. The maximum Gasteiger partial charge on any atom is 0.193 e. The molecule has 1 N–H and O–H groups in total. The fourth-order valence-corrected chi connectivity index (χ4v) is 3.01. The second-order valence-electron chi connectivity index (χ2n) is 7.15. The molecule has 0 amide bonds. The minimum atomic E-state index is 0.571. The van der Waals surface area contributed by atoms with Crippen LogP contribution in [-0.2, 0) is 11.3 Å². The zero-order chi connectivity index (χ0) is 18.1. The van der Waals surface area contributed by atoms with E-state index in [2.05, 4.69) is 65.3 Å². The number of guanidine groups is 1. The number of nitrogens with zero attached hydrogens (tertiary/aromatic N) is 3. The summed E-state index contributed by atoms with van der Waals surface area (Å²) in [5.41, 5.74) is 1.24. The molecular weight excluding hydrogens is 312 g/mol. The summed E-state index contributed by atoms with van der Waals surface area (Å²) in [5, 5.41) is 3.49. The highest BCUT2D eigenvalue weighted by Gasteiger charge is 2.24. The monoisotopic (exact) mass is 346 g/mol. The molecule has 1 heterocycles. The molecule has 0 saturated carbocycles. The van der Waals surface area contributed by atoms with E-state index in [1.807, 2.05) is 13.1 Å². The number of likely N-dealkylation sites (tertiary alicyclic amines) is 1. The van der Waals surface area contributed by atoms with E-state index in [4.69, 9.17) is 4.74 Å². The highest BCUT2D eigenvalue weighted by molar-refractivity contribution is 5.80. The van der Waals surface area contributed by atoms with E-state index in [0.29, 0.717) is 18.6 Å². The van der Waals surface area contributed by atoms with Gasteiger partial charge in [0.25, 0.3) is 0 Å². The van der Waals surface area contributed by atoms with Crippen LogP contribution in [0.2, 0.25) is 0 Å². The molecular formula is C20H34N4O. The van der Waals surface area contributed by atoms with Gasteiger partial charge in [-0.3, -0.25) is 4.99 Å². The lowest BCUT2D eigenvalue weighted by molar-refractivity contribution is 0.0906. The van der Waals surface area contributed by atoms with Gasteiger partial charge in [-0.1, -0.05) is 30.3 Å². The van der Waals surface area contributed by atoms with Crippen molar-refractivity contribution in [3.63, 3.8) is 0 Å². The molecule has 5 nitrogen and oxygen atoms in total. The van der Waals surface area contributed by atoms with Gasteiger partial charge in [0, 0.05) is 45.2 Å². The Hall–Kier alpha value is -1.59. The standard InChI is InChI=1S/C20H34N4O/c1-17(2)23(4)13-11-22-20(21-3)24-12-10-19(14-24)16-25-15-18-8-6-5-7-9-18/h5-9,17,19H,10-16H2,1-4H3,(H,21,22). The Morgan fingerprint density at radius 3 is 2.80 bits per heavy atom. The van der Waals surface area contributed by atoms with Crippen LogP contribution >= 0.6 is 0 Å². The quantitative estimate of drug-likeness (QED) is 0.580. The summed E-state index contributed by atoms with van der Waals surface area (Å²) in [6.07, 6.45) is 1.17. The van der Waals surface area contributed by atoms with Crippen molar-refractivity contribution >= 4 is 5.96 Å². The first-order valence-corrected chi connectivity index (χ1v) is 9.37. The molecule has 2 rings (SSSR count). The molecule has 0 bridgehead atoms. The van der Waals surface area contributed by atoms with Crippen molar-refractivity contribution < 1.29 is 4.74 Å². The van der Waals surface area contributed by atoms with Gasteiger partial charge in [0.1, 0.15) is 0 Å². The Labute approximate surface area is 153 Å². The molecule has 5 heteroatoms. The van der Waals surface area contributed by atoms with Gasteiger partial charge >= 0.3 is 0 Å². The van der Waals surface area contributed by atoms with Gasteiger partial charge in [-0.15, -0.1) is 0 Å². The molecule has 140 valence electrons. The minimum Gasteiger partial charge on any atom is -0.376 e. The van der Waals surface area contributed by atoms with Crippen molar-refractivity contribution in [1.29, 1.82) is 0 Å². The molecule has 1 aromatic carbocycles.